The molecule has 1 saturated heterocycles. The number of rotatable bonds is 8. The molecule has 7 heteroatoms. The lowest BCUT2D eigenvalue weighted by molar-refractivity contribution is 0.0152. The Labute approximate surface area is 217 Å². The third kappa shape index (κ3) is 5.66. The summed E-state index contributed by atoms with van der Waals surface area (Å²) >= 11 is 6.27. The van der Waals surface area contributed by atoms with E-state index >= 15 is 0 Å². The van der Waals surface area contributed by atoms with E-state index in [9.17, 15) is 4.79 Å². The number of amides is 1. The molecule has 190 valence electrons. The minimum absolute atomic E-state index is 0.0607. The van der Waals surface area contributed by atoms with Crippen molar-refractivity contribution in [3.05, 3.63) is 59.1 Å². The van der Waals surface area contributed by atoms with Crippen LogP contribution in [-0.4, -0.2) is 61.3 Å². The topological polar surface area (TPSA) is 63.7 Å². The summed E-state index contributed by atoms with van der Waals surface area (Å²) in [5, 5.41) is 4.67. The van der Waals surface area contributed by atoms with E-state index < -0.39 is 0 Å². The van der Waals surface area contributed by atoms with Crippen molar-refractivity contribution in [2.75, 3.05) is 33.4 Å². The maximum Gasteiger partial charge on any atom is 0.252 e. The molecule has 3 aromatic rings. The summed E-state index contributed by atoms with van der Waals surface area (Å²) in [6, 6.07) is 15.9. The number of pyridine rings is 1. The number of fused-ring (bicyclic) bond motifs is 1. The zero-order valence-corrected chi connectivity index (χ0v) is 21.8. The fraction of sp³-hybridized carbons (Fsp3) is 0.448. The van der Waals surface area contributed by atoms with E-state index in [-0.39, 0.29) is 11.9 Å². The van der Waals surface area contributed by atoms with E-state index in [4.69, 9.17) is 26.1 Å². The fourth-order valence-electron chi connectivity index (χ4n) is 5.32. The average molecular weight is 508 g/mol. The Hall–Kier alpha value is -2.67. The number of hydrogen-bond acceptors (Lipinski definition) is 5. The van der Waals surface area contributed by atoms with Crippen LogP contribution in [0.3, 0.4) is 0 Å². The van der Waals surface area contributed by atoms with Gasteiger partial charge in [0.15, 0.2) is 0 Å². The summed E-state index contributed by atoms with van der Waals surface area (Å²) in [5.41, 5.74) is 3.00. The molecule has 2 aliphatic rings. The molecule has 2 fully saturated rings. The molecule has 1 aliphatic carbocycles. The van der Waals surface area contributed by atoms with Crippen LogP contribution >= 0.6 is 11.6 Å². The lowest BCUT2D eigenvalue weighted by Gasteiger charge is -2.40. The van der Waals surface area contributed by atoms with Gasteiger partial charge in [-0.25, -0.2) is 4.98 Å². The first-order chi connectivity index (χ1) is 17.5. The van der Waals surface area contributed by atoms with Crippen molar-refractivity contribution in [1.29, 1.82) is 0 Å². The van der Waals surface area contributed by atoms with Crippen LogP contribution in [0.2, 0.25) is 5.02 Å². The highest BCUT2D eigenvalue weighted by Crippen LogP contribution is 2.31. The monoisotopic (exact) mass is 507 g/mol. The Kier molecular flexibility index (Phi) is 7.75. The molecule has 1 unspecified atom stereocenters. The summed E-state index contributed by atoms with van der Waals surface area (Å²) in [6.45, 7) is 5.35. The number of benzene rings is 2. The van der Waals surface area contributed by atoms with Crippen LogP contribution in [-0.2, 0) is 4.74 Å². The molecule has 0 bridgehead atoms. The lowest BCUT2D eigenvalue weighted by atomic mass is 9.79. The summed E-state index contributed by atoms with van der Waals surface area (Å²) in [6.07, 6.45) is 4.36. The number of carbonyl (C=O) groups is 1. The predicted molar refractivity (Wildman–Crippen MR) is 144 cm³/mol. The van der Waals surface area contributed by atoms with Gasteiger partial charge in [0.2, 0.25) is 0 Å². The smallest absolute Gasteiger partial charge is 0.252 e. The number of ether oxygens (including phenoxy) is 2. The molecule has 0 radical (unpaired) electrons. The largest absolute Gasteiger partial charge is 0.494 e. The third-order valence-corrected chi connectivity index (χ3v) is 7.59. The van der Waals surface area contributed by atoms with Crippen molar-refractivity contribution >= 4 is 28.4 Å². The maximum atomic E-state index is 13.4. The zero-order valence-electron chi connectivity index (χ0n) is 21.0. The van der Waals surface area contributed by atoms with Gasteiger partial charge in [-0.05, 0) is 88.0 Å². The second-order valence-electron chi connectivity index (χ2n) is 9.99. The summed E-state index contributed by atoms with van der Waals surface area (Å²) in [4.78, 5) is 20.7. The Bertz CT molecular complexity index is 1200. The van der Waals surface area contributed by atoms with E-state index in [1.165, 1.54) is 6.42 Å². The maximum absolute atomic E-state index is 13.4. The van der Waals surface area contributed by atoms with E-state index in [2.05, 4.69) is 17.3 Å². The number of nitrogens with zero attached hydrogens (tertiary/aromatic N) is 2. The number of aromatic nitrogens is 1. The Morgan fingerprint density at radius 1 is 1.19 bits per heavy atom. The summed E-state index contributed by atoms with van der Waals surface area (Å²) < 4.78 is 11.2. The van der Waals surface area contributed by atoms with Gasteiger partial charge in [-0.1, -0.05) is 17.7 Å². The number of likely N-dealkylation sites (N-methyl/N-ethyl adjacent to an activating group) is 1. The van der Waals surface area contributed by atoms with E-state index in [0.29, 0.717) is 34.7 Å². The first-order valence-electron chi connectivity index (χ1n) is 12.9. The fourth-order valence-corrected chi connectivity index (χ4v) is 5.49. The molecule has 1 aliphatic heterocycles. The van der Waals surface area contributed by atoms with Crippen LogP contribution in [0.5, 0.6) is 5.75 Å². The highest BCUT2D eigenvalue weighted by atomic mass is 35.5. The molecule has 6 nitrogen and oxygen atoms in total. The van der Waals surface area contributed by atoms with Crippen LogP contribution < -0.4 is 10.1 Å². The Morgan fingerprint density at radius 3 is 2.72 bits per heavy atom. The van der Waals surface area contributed by atoms with Gasteiger partial charge in [-0.15, -0.1) is 0 Å². The normalized spacial score (nSPS) is 21.8. The SMILES string of the molecule is CCOc1ccc(-c2cc(C(=O)NC3CC(CN(C)C4CCCOC4)C3)c3ccc(Cl)cc3n2)cc1. The lowest BCUT2D eigenvalue weighted by Crippen LogP contribution is -2.49. The van der Waals surface area contributed by atoms with Gasteiger partial charge in [0.25, 0.3) is 5.91 Å². The first kappa shape index (κ1) is 25.0. The third-order valence-electron chi connectivity index (χ3n) is 7.35. The van der Waals surface area contributed by atoms with Gasteiger partial charge in [-0.3, -0.25) is 4.79 Å². The molecule has 1 amide bonds. The quantitative estimate of drug-likeness (QED) is 0.431. The summed E-state index contributed by atoms with van der Waals surface area (Å²) in [7, 11) is 2.20. The molecular weight excluding hydrogens is 474 g/mol. The molecular formula is C29H34ClN3O3. The molecule has 1 atom stereocenters. The summed E-state index contributed by atoms with van der Waals surface area (Å²) in [5.74, 6) is 1.35. The van der Waals surface area contributed by atoms with Gasteiger partial charge in [0.05, 0.1) is 30.0 Å². The number of nitrogens with one attached hydrogen (secondary N) is 1. The molecule has 1 saturated carbocycles. The van der Waals surface area contributed by atoms with E-state index in [1.807, 2.05) is 55.5 Å². The number of carbonyl (C=O) groups excluding carboxylic acids is 1. The molecule has 5 rings (SSSR count). The van der Waals surface area contributed by atoms with E-state index in [0.717, 1.165) is 61.4 Å². The average Bonchev–Trinajstić information content (AvgIpc) is 2.87. The second-order valence-corrected chi connectivity index (χ2v) is 10.4. The minimum atomic E-state index is -0.0607. The highest BCUT2D eigenvalue weighted by Gasteiger charge is 2.33. The Morgan fingerprint density at radius 2 is 2.00 bits per heavy atom. The Balaban J connectivity index is 1.29. The van der Waals surface area contributed by atoms with Gasteiger partial charge in [0, 0.05) is 41.2 Å². The molecule has 36 heavy (non-hydrogen) atoms. The highest BCUT2D eigenvalue weighted by molar-refractivity contribution is 6.31. The standard InChI is InChI=1S/C29H34ClN3O3/c1-3-36-24-9-6-20(7-10-24)27-16-26(25-11-8-21(30)15-28(25)32-27)29(34)31-22-13-19(14-22)17-33(2)23-5-4-12-35-18-23/h6-11,15-16,19,22-23H,3-5,12-14,17-18H2,1-2H3,(H,31,34). The van der Waals surface area contributed by atoms with Crippen molar-refractivity contribution in [2.24, 2.45) is 5.92 Å². The van der Waals surface area contributed by atoms with Gasteiger partial charge in [-0.2, -0.15) is 0 Å². The molecule has 1 N–H and O–H groups in total. The van der Waals surface area contributed by atoms with Crippen molar-refractivity contribution in [3.63, 3.8) is 0 Å². The van der Waals surface area contributed by atoms with Crippen LogP contribution in [0.1, 0.15) is 43.0 Å². The minimum Gasteiger partial charge on any atom is -0.494 e. The van der Waals surface area contributed by atoms with Gasteiger partial charge in [0.1, 0.15) is 5.75 Å². The van der Waals surface area contributed by atoms with Gasteiger partial charge < -0.3 is 19.7 Å². The van der Waals surface area contributed by atoms with Crippen LogP contribution in [0.15, 0.2) is 48.5 Å². The van der Waals surface area contributed by atoms with Crippen molar-refractivity contribution < 1.29 is 14.3 Å². The molecule has 1 aromatic heterocycles. The van der Waals surface area contributed by atoms with Crippen molar-refractivity contribution in [2.45, 2.75) is 44.7 Å². The van der Waals surface area contributed by atoms with Crippen LogP contribution in [0.25, 0.3) is 22.2 Å². The van der Waals surface area contributed by atoms with Crippen molar-refractivity contribution in [1.82, 2.24) is 15.2 Å². The zero-order chi connectivity index (χ0) is 25.1. The molecule has 2 heterocycles. The second kappa shape index (κ2) is 11.2. The van der Waals surface area contributed by atoms with Crippen LogP contribution in [0, 0.1) is 5.92 Å². The number of halogens is 1. The predicted octanol–water partition coefficient (Wildman–Crippen LogP) is 5.57. The first-order valence-corrected chi connectivity index (χ1v) is 13.3. The molecule has 0 spiro atoms. The number of hydrogen-bond donors (Lipinski definition) is 1. The van der Waals surface area contributed by atoms with Crippen molar-refractivity contribution in [3.8, 4) is 17.0 Å². The molecule has 2 aromatic carbocycles. The van der Waals surface area contributed by atoms with Gasteiger partial charge >= 0.3 is 0 Å². The van der Waals surface area contributed by atoms with Crippen LogP contribution in [0.4, 0.5) is 0 Å². The van der Waals surface area contributed by atoms with E-state index in [1.54, 1.807) is 0 Å².